The summed E-state index contributed by atoms with van der Waals surface area (Å²) in [5, 5.41) is 4.63. The Morgan fingerprint density at radius 3 is 2.48 bits per heavy atom. The average molecular weight is 312 g/mol. The summed E-state index contributed by atoms with van der Waals surface area (Å²) in [6.07, 6.45) is 2.02. The lowest BCUT2D eigenvalue weighted by atomic mass is 10.0. The molecule has 0 radical (unpaired) electrons. The number of likely N-dealkylation sites (N-methyl/N-ethyl adjacent to an activating group) is 1. The van der Waals surface area contributed by atoms with Gasteiger partial charge in [0.05, 0.1) is 11.6 Å². The molecule has 6 heteroatoms. The standard InChI is InChI=1S/C15H26ClN5/c1-7-8-11-13-14(20(6)18-11)21(12(9-16)17-13)10-15(2,3)19(4)5/h7-10H2,1-6H3. The van der Waals surface area contributed by atoms with Crippen LogP contribution in [-0.4, -0.2) is 43.9 Å². The van der Waals surface area contributed by atoms with Crippen molar-refractivity contribution in [1.82, 2.24) is 24.2 Å². The van der Waals surface area contributed by atoms with Gasteiger partial charge in [-0.1, -0.05) is 13.3 Å². The first-order chi connectivity index (χ1) is 9.81. The van der Waals surface area contributed by atoms with E-state index < -0.39 is 0 Å². The van der Waals surface area contributed by atoms with E-state index in [2.05, 4.69) is 49.4 Å². The van der Waals surface area contributed by atoms with Crippen LogP contribution in [0, 0.1) is 0 Å². The molecule has 0 atom stereocenters. The van der Waals surface area contributed by atoms with Gasteiger partial charge in [0.2, 0.25) is 0 Å². The Morgan fingerprint density at radius 1 is 1.29 bits per heavy atom. The summed E-state index contributed by atoms with van der Waals surface area (Å²) < 4.78 is 4.16. The van der Waals surface area contributed by atoms with Gasteiger partial charge < -0.3 is 9.47 Å². The zero-order valence-corrected chi connectivity index (χ0v) is 14.7. The minimum Gasteiger partial charge on any atom is -0.310 e. The number of fused-ring (bicyclic) bond motifs is 1. The van der Waals surface area contributed by atoms with E-state index in [9.17, 15) is 0 Å². The van der Waals surface area contributed by atoms with Crippen molar-refractivity contribution >= 4 is 22.8 Å². The third-order valence-corrected chi connectivity index (χ3v) is 4.47. The Balaban J connectivity index is 2.56. The molecular weight excluding hydrogens is 286 g/mol. The molecule has 0 unspecified atom stereocenters. The van der Waals surface area contributed by atoms with Crippen molar-refractivity contribution in [3.8, 4) is 0 Å². The largest absolute Gasteiger partial charge is 0.310 e. The van der Waals surface area contributed by atoms with Gasteiger partial charge in [-0.2, -0.15) is 5.10 Å². The normalized spacial score (nSPS) is 12.8. The minimum absolute atomic E-state index is 0.0175. The molecule has 2 rings (SSSR count). The van der Waals surface area contributed by atoms with Gasteiger partial charge in [-0.05, 0) is 34.4 Å². The maximum absolute atomic E-state index is 6.12. The number of alkyl halides is 1. The molecule has 0 amide bonds. The third kappa shape index (κ3) is 2.94. The summed E-state index contributed by atoms with van der Waals surface area (Å²) in [6.45, 7) is 7.44. The molecule has 2 aromatic heterocycles. The molecule has 0 N–H and O–H groups in total. The van der Waals surface area contributed by atoms with Crippen LogP contribution >= 0.6 is 11.6 Å². The van der Waals surface area contributed by atoms with Crippen LogP contribution < -0.4 is 0 Å². The number of nitrogens with zero attached hydrogens (tertiary/aromatic N) is 5. The lowest BCUT2D eigenvalue weighted by molar-refractivity contribution is 0.169. The van der Waals surface area contributed by atoms with Gasteiger partial charge in [-0.25, -0.2) is 4.98 Å². The summed E-state index contributed by atoms with van der Waals surface area (Å²) in [6, 6.07) is 0. The molecule has 0 aliphatic heterocycles. The van der Waals surface area contributed by atoms with Gasteiger partial charge in [0.15, 0.2) is 5.65 Å². The molecular formula is C15H26ClN5. The molecule has 0 bridgehead atoms. The second-order valence-electron chi connectivity index (χ2n) is 6.45. The molecule has 2 heterocycles. The highest BCUT2D eigenvalue weighted by molar-refractivity contribution is 6.16. The van der Waals surface area contributed by atoms with Crippen LogP contribution in [0.4, 0.5) is 0 Å². The molecule has 118 valence electrons. The smallest absolute Gasteiger partial charge is 0.158 e. The predicted octanol–water partition coefficient (Wildman–Crippen LogP) is 2.80. The van der Waals surface area contributed by atoms with Gasteiger partial charge in [0.1, 0.15) is 11.3 Å². The Labute approximate surface area is 131 Å². The van der Waals surface area contributed by atoms with E-state index >= 15 is 0 Å². The van der Waals surface area contributed by atoms with Crippen molar-refractivity contribution in [2.75, 3.05) is 14.1 Å². The van der Waals surface area contributed by atoms with Crippen molar-refractivity contribution in [2.24, 2.45) is 7.05 Å². The maximum Gasteiger partial charge on any atom is 0.158 e. The number of halogens is 1. The van der Waals surface area contributed by atoms with Crippen LogP contribution in [0.25, 0.3) is 11.2 Å². The predicted molar refractivity (Wildman–Crippen MR) is 87.8 cm³/mol. The monoisotopic (exact) mass is 311 g/mol. The second kappa shape index (κ2) is 5.97. The molecule has 0 saturated carbocycles. The van der Waals surface area contributed by atoms with Crippen molar-refractivity contribution in [3.05, 3.63) is 11.5 Å². The Kier molecular flexibility index (Phi) is 4.63. The van der Waals surface area contributed by atoms with E-state index in [0.29, 0.717) is 5.88 Å². The molecule has 0 spiro atoms. The number of imidazole rings is 1. The topological polar surface area (TPSA) is 38.9 Å². The summed E-state index contributed by atoms with van der Waals surface area (Å²) in [5.74, 6) is 1.34. The quantitative estimate of drug-likeness (QED) is 0.770. The number of aromatic nitrogens is 4. The van der Waals surface area contributed by atoms with Crippen LogP contribution in [0.1, 0.15) is 38.7 Å². The van der Waals surface area contributed by atoms with Crippen molar-refractivity contribution < 1.29 is 0 Å². The molecule has 0 aliphatic rings. The number of rotatable bonds is 6. The maximum atomic E-state index is 6.12. The molecule has 0 aromatic carbocycles. The van der Waals surface area contributed by atoms with Gasteiger partial charge in [-0.3, -0.25) is 4.68 Å². The van der Waals surface area contributed by atoms with Crippen molar-refractivity contribution in [1.29, 1.82) is 0 Å². The molecule has 2 aromatic rings. The third-order valence-electron chi connectivity index (χ3n) is 4.23. The Hall–Kier alpha value is -1.07. The number of hydrogen-bond acceptors (Lipinski definition) is 3. The van der Waals surface area contributed by atoms with Crippen LogP contribution in [0.15, 0.2) is 0 Å². The zero-order valence-electron chi connectivity index (χ0n) is 13.9. The fourth-order valence-electron chi connectivity index (χ4n) is 2.49. The number of hydrogen-bond donors (Lipinski definition) is 0. The van der Waals surface area contributed by atoms with Gasteiger partial charge >= 0.3 is 0 Å². The van der Waals surface area contributed by atoms with E-state index in [0.717, 1.165) is 42.1 Å². The molecule has 5 nitrogen and oxygen atoms in total. The van der Waals surface area contributed by atoms with Crippen LogP contribution in [-0.2, 0) is 25.9 Å². The fourth-order valence-corrected chi connectivity index (χ4v) is 2.69. The van der Waals surface area contributed by atoms with Gasteiger partial charge in [-0.15, -0.1) is 11.6 Å². The molecule has 0 saturated heterocycles. The van der Waals surface area contributed by atoms with Crippen molar-refractivity contribution in [3.63, 3.8) is 0 Å². The first-order valence-corrected chi connectivity index (χ1v) is 7.99. The highest BCUT2D eigenvalue weighted by Gasteiger charge is 2.26. The van der Waals surface area contributed by atoms with Crippen molar-refractivity contribution in [2.45, 2.75) is 51.6 Å². The highest BCUT2D eigenvalue weighted by Crippen LogP contribution is 2.25. The summed E-state index contributed by atoms with van der Waals surface area (Å²) in [4.78, 5) is 6.97. The Morgan fingerprint density at radius 2 is 1.95 bits per heavy atom. The van der Waals surface area contributed by atoms with Crippen LogP contribution in [0.5, 0.6) is 0 Å². The van der Waals surface area contributed by atoms with E-state index in [4.69, 9.17) is 16.6 Å². The number of aryl methyl sites for hydroxylation is 2. The van der Waals surface area contributed by atoms with E-state index in [-0.39, 0.29) is 5.54 Å². The van der Waals surface area contributed by atoms with Gasteiger partial charge in [0, 0.05) is 19.1 Å². The minimum atomic E-state index is 0.0175. The fraction of sp³-hybridized carbons (Fsp3) is 0.733. The lowest BCUT2D eigenvalue weighted by Crippen LogP contribution is -2.42. The second-order valence-corrected chi connectivity index (χ2v) is 6.71. The molecule has 21 heavy (non-hydrogen) atoms. The van der Waals surface area contributed by atoms with E-state index in [1.165, 1.54) is 0 Å². The van der Waals surface area contributed by atoms with Crippen LogP contribution in [0.3, 0.4) is 0 Å². The molecule has 0 aliphatic carbocycles. The molecule has 0 fully saturated rings. The summed E-state index contributed by atoms with van der Waals surface area (Å²) in [5.41, 5.74) is 3.17. The lowest BCUT2D eigenvalue weighted by Gasteiger charge is -2.33. The average Bonchev–Trinajstić information content (AvgIpc) is 2.89. The first kappa shape index (κ1) is 16.3. The van der Waals surface area contributed by atoms with E-state index in [1.807, 2.05) is 11.7 Å². The van der Waals surface area contributed by atoms with Crippen LogP contribution in [0.2, 0.25) is 0 Å². The Bertz CT molecular complexity index is 624. The zero-order chi connectivity index (χ0) is 15.8. The highest BCUT2D eigenvalue weighted by atomic mass is 35.5. The van der Waals surface area contributed by atoms with Gasteiger partial charge in [0.25, 0.3) is 0 Å². The SMILES string of the molecule is CCCc1nn(C)c2c1nc(CCl)n2CC(C)(C)N(C)C. The first-order valence-electron chi connectivity index (χ1n) is 7.46. The summed E-state index contributed by atoms with van der Waals surface area (Å²) in [7, 11) is 6.18. The van der Waals surface area contributed by atoms with E-state index in [1.54, 1.807) is 0 Å². The summed E-state index contributed by atoms with van der Waals surface area (Å²) >= 11 is 6.12.